The van der Waals surface area contributed by atoms with Gasteiger partial charge in [0.15, 0.2) is 0 Å². The first-order valence-electron chi connectivity index (χ1n) is 8.08. The monoisotopic (exact) mass is 346 g/mol. The second-order valence-electron chi connectivity index (χ2n) is 5.77. The molecule has 1 aliphatic heterocycles. The number of aryl methyl sites for hydroxylation is 1. The normalized spacial score (nSPS) is 13.9. The average Bonchev–Trinajstić information content (AvgIpc) is 2.60. The van der Waals surface area contributed by atoms with Crippen LogP contribution < -0.4 is 15.8 Å². The van der Waals surface area contributed by atoms with E-state index >= 15 is 0 Å². The molecule has 0 radical (unpaired) electrons. The number of carbonyl (C=O) groups is 1. The van der Waals surface area contributed by atoms with E-state index in [0.717, 1.165) is 36.3 Å². The number of fused-ring (bicyclic) bond motifs is 1. The number of hydrogen-bond donors (Lipinski definition) is 2. The Morgan fingerprint density at radius 1 is 1.17 bits per heavy atom. The molecule has 1 heterocycles. The van der Waals surface area contributed by atoms with Gasteiger partial charge in [-0.1, -0.05) is 36.4 Å². The van der Waals surface area contributed by atoms with Gasteiger partial charge in [0, 0.05) is 13.0 Å². The molecule has 0 aliphatic carbocycles. The molecular weight excluding hydrogens is 324 g/mol. The van der Waals surface area contributed by atoms with E-state index in [9.17, 15) is 4.79 Å². The van der Waals surface area contributed by atoms with Crippen LogP contribution in [0.2, 0.25) is 0 Å². The Balaban J connectivity index is 0.00000208. The first-order valence-corrected chi connectivity index (χ1v) is 8.08. The van der Waals surface area contributed by atoms with Crippen LogP contribution in [-0.2, 0) is 11.2 Å². The van der Waals surface area contributed by atoms with Gasteiger partial charge in [-0.05, 0) is 41.7 Å². The van der Waals surface area contributed by atoms with Gasteiger partial charge in [-0.25, -0.2) is 0 Å². The van der Waals surface area contributed by atoms with E-state index in [4.69, 9.17) is 10.5 Å². The van der Waals surface area contributed by atoms with Crippen LogP contribution in [0.3, 0.4) is 0 Å². The van der Waals surface area contributed by atoms with Crippen molar-refractivity contribution in [3.8, 4) is 5.75 Å². The van der Waals surface area contributed by atoms with Crippen LogP contribution in [0.15, 0.2) is 48.5 Å². The summed E-state index contributed by atoms with van der Waals surface area (Å²) in [6, 6.07) is 16.0. The van der Waals surface area contributed by atoms with Crippen molar-refractivity contribution < 1.29 is 9.53 Å². The second-order valence-corrected chi connectivity index (χ2v) is 5.77. The van der Waals surface area contributed by atoms with E-state index in [0.29, 0.717) is 13.0 Å². The minimum atomic E-state index is -0.164. The maximum absolute atomic E-state index is 12.1. The fourth-order valence-corrected chi connectivity index (χ4v) is 2.93. The lowest BCUT2D eigenvalue weighted by molar-refractivity contribution is -0.121. The Morgan fingerprint density at radius 3 is 2.71 bits per heavy atom. The van der Waals surface area contributed by atoms with E-state index in [-0.39, 0.29) is 24.4 Å². The smallest absolute Gasteiger partial charge is 0.222 e. The highest BCUT2D eigenvalue weighted by molar-refractivity contribution is 5.85. The molecule has 0 bridgehead atoms. The summed E-state index contributed by atoms with van der Waals surface area (Å²) in [5.74, 6) is 0.926. The van der Waals surface area contributed by atoms with E-state index < -0.39 is 0 Å². The van der Waals surface area contributed by atoms with Gasteiger partial charge in [-0.15, -0.1) is 12.4 Å². The fourth-order valence-electron chi connectivity index (χ4n) is 2.93. The molecule has 0 saturated carbocycles. The standard InChI is InChI=1S/C19H22N2O2.ClH/c20-11-10-18(22)21-19(14-5-2-1-3-6-14)16-8-9-17-15(13-16)7-4-12-23-17;/h1-3,5-6,8-9,13,19H,4,7,10-12,20H2,(H,21,22);1H. The average molecular weight is 347 g/mol. The molecule has 0 spiro atoms. The summed E-state index contributed by atoms with van der Waals surface area (Å²) >= 11 is 0. The van der Waals surface area contributed by atoms with Gasteiger partial charge in [0.2, 0.25) is 5.91 Å². The number of ether oxygens (including phenoxy) is 1. The topological polar surface area (TPSA) is 64.4 Å². The lowest BCUT2D eigenvalue weighted by atomic mass is 9.94. The quantitative estimate of drug-likeness (QED) is 0.874. The van der Waals surface area contributed by atoms with E-state index in [1.54, 1.807) is 0 Å². The molecule has 1 aliphatic rings. The highest BCUT2D eigenvalue weighted by Gasteiger charge is 2.19. The summed E-state index contributed by atoms with van der Waals surface area (Å²) in [5.41, 5.74) is 8.85. The minimum Gasteiger partial charge on any atom is -0.493 e. The summed E-state index contributed by atoms with van der Waals surface area (Å²) in [5, 5.41) is 3.10. The molecule has 0 fully saturated rings. The van der Waals surface area contributed by atoms with Crippen molar-refractivity contribution in [1.29, 1.82) is 0 Å². The first-order chi connectivity index (χ1) is 11.3. The third kappa shape index (κ3) is 4.28. The Morgan fingerprint density at radius 2 is 1.96 bits per heavy atom. The molecule has 3 N–H and O–H groups in total. The predicted octanol–water partition coefficient (Wildman–Crippen LogP) is 2.99. The van der Waals surface area contributed by atoms with E-state index in [1.165, 1.54) is 5.56 Å². The molecule has 1 unspecified atom stereocenters. The molecule has 0 aromatic heterocycles. The van der Waals surface area contributed by atoms with Crippen molar-refractivity contribution in [3.05, 3.63) is 65.2 Å². The highest BCUT2D eigenvalue weighted by Crippen LogP contribution is 2.30. The van der Waals surface area contributed by atoms with Crippen LogP contribution >= 0.6 is 12.4 Å². The van der Waals surface area contributed by atoms with Crippen molar-refractivity contribution in [2.45, 2.75) is 25.3 Å². The molecule has 2 aromatic rings. The maximum Gasteiger partial charge on any atom is 0.222 e. The van der Waals surface area contributed by atoms with E-state index in [2.05, 4.69) is 11.4 Å². The van der Waals surface area contributed by atoms with Crippen LogP contribution in [0.1, 0.15) is 35.6 Å². The van der Waals surface area contributed by atoms with Crippen molar-refractivity contribution in [2.24, 2.45) is 5.73 Å². The van der Waals surface area contributed by atoms with Gasteiger partial charge in [0.25, 0.3) is 0 Å². The third-order valence-corrected chi connectivity index (χ3v) is 4.08. The maximum atomic E-state index is 12.1. The molecule has 0 saturated heterocycles. The second kappa shape index (κ2) is 8.71. The van der Waals surface area contributed by atoms with Crippen LogP contribution in [0.4, 0.5) is 0 Å². The molecule has 4 nitrogen and oxygen atoms in total. The zero-order valence-electron chi connectivity index (χ0n) is 13.5. The lowest BCUT2D eigenvalue weighted by Crippen LogP contribution is -2.30. The molecule has 1 atom stereocenters. The predicted molar refractivity (Wildman–Crippen MR) is 97.6 cm³/mol. The van der Waals surface area contributed by atoms with Gasteiger partial charge in [0.05, 0.1) is 12.6 Å². The number of halogens is 1. The number of hydrogen-bond acceptors (Lipinski definition) is 3. The Hall–Kier alpha value is -2.04. The summed E-state index contributed by atoms with van der Waals surface area (Å²) in [6.45, 7) is 1.13. The molecular formula is C19H23ClN2O2. The van der Waals surface area contributed by atoms with Gasteiger partial charge in [-0.3, -0.25) is 4.79 Å². The van der Waals surface area contributed by atoms with Gasteiger partial charge >= 0.3 is 0 Å². The molecule has 128 valence electrons. The first kappa shape index (κ1) is 18.3. The number of amides is 1. The summed E-state index contributed by atoms with van der Waals surface area (Å²) in [6.07, 6.45) is 2.38. The number of nitrogens with one attached hydrogen (secondary N) is 1. The van der Waals surface area contributed by atoms with Gasteiger partial charge < -0.3 is 15.8 Å². The largest absolute Gasteiger partial charge is 0.493 e. The third-order valence-electron chi connectivity index (χ3n) is 4.08. The summed E-state index contributed by atoms with van der Waals surface area (Å²) < 4.78 is 5.68. The van der Waals surface area contributed by atoms with E-state index in [1.807, 2.05) is 42.5 Å². The minimum absolute atomic E-state index is 0. The van der Waals surface area contributed by atoms with Crippen LogP contribution in [0, 0.1) is 0 Å². The highest BCUT2D eigenvalue weighted by atomic mass is 35.5. The van der Waals surface area contributed by atoms with Crippen molar-refractivity contribution in [2.75, 3.05) is 13.2 Å². The van der Waals surface area contributed by atoms with Gasteiger partial charge in [-0.2, -0.15) is 0 Å². The lowest BCUT2D eigenvalue weighted by Gasteiger charge is -2.23. The molecule has 5 heteroatoms. The number of nitrogens with two attached hydrogens (primary N) is 1. The Kier molecular flexibility index (Phi) is 6.64. The molecule has 3 rings (SSSR count). The van der Waals surface area contributed by atoms with Crippen LogP contribution in [-0.4, -0.2) is 19.1 Å². The van der Waals surface area contributed by atoms with Crippen LogP contribution in [0.25, 0.3) is 0 Å². The summed E-state index contributed by atoms with van der Waals surface area (Å²) in [7, 11) is 0. The van der Waals surface area contributed by atoms with Gasteiger partial charge in [0.1, 0.15) is 5.75 Å². The van der Waals surface area contributed by atoms with Crippen molar-refractivity contribution in [1.82, 2.24) is 5.32 Å². The summed E-state index contributed by atoms with van der Waals surface area (Å²) in [4.78, 5) is 12.1. The SMILES string of the molecule is Cl.NCCC(=O)NC(c1ccccc1)c1ccc2c(c1)CCCO2. The molecule has 1 amide bonds. The number of rotatable bonds is 5. The Labute approximate surface area is 148 Å². The number of carbonyl (C=O) groups excluding carboxylic acids is 1. The fraction of sp³-hybridized carbons (Fsp3) is 0.316. The Bertz CT molecular complexity index is 676. The zero-order valence-corrected chi connectivity index (χ0v) is 14.4. The zero-order chi connectivity index (χ0) is 16.1. The number of benzene rings is 2. The van der Waals surface area contributed by atoms with Crippen LogP contribution in [0.5, 0.6) is 5.75 Å². The van der Waals surface area contributed by atoms with Crippen molar-refractivity contribution >= 4 is 18.3 Å². The molecule has 24 heavy (non-hydrogen) atoms. The molecule has 2 aromatic carbocycles. The van der Waals surface area contributed by atoms with Crippen molar-refractivity contribution in [3.63, 3.8) is 0 Å².